The largest absolute Gasteiger partial charge is 0.457 e. The summed E-state index contributed by atoms with van der Waals surface area (Å²) in [5, 5.41) is 19.3. The molecule has 0 bridgehead atoms. The van der Waals surface area contributed by atoms with Gasteiger partial charge in [-0.15, -0.1) is 0 Å². The first kappa shape index (κ1) is 34.5. The van der Waals surface area contributed by atoms with Gasteiger partial charge in [0.1, 0.15) is 12.2 Å². The van der Waals surface area contributed by atoms with Gasteiger partial charge in [0.25, 0.3) is 0 Å². The summed E-state index contributed by atoms with van der Waals surface area (Å²) in [7, 11) is -0.0414. The Labute approximate surface area is 242 Å². The highest BCUT2D eigenvalue weighted by molar-refractivity contribution is 6.73. The number of aliphatic hydroxyl groups excluding tert-OH is 2. The molecule has 0 aromatic heterocycles. The highest BCUT2D eigenvalue weighted by Gasteiger charge is 2.44. The average Bonchev–Trinajstić information content (AvgIpc) is 2.94. The SMILES string of the molecule is CC[Si](CC)(CC)O[C@]1(C)CCCCC(=O)O[C@H](/C(C)=C/C(O)CO)[C@@H](C)/C=C/[C@@H]1OC(=O)N1CCN(C)CC1. The number of carbonyl (C=O) groups excluding carboxylic acids is 2. The number of aliphatic hydroxyl groups is 2. The van der Waals surface area contributed by atoms with E-state index in [1.54, 1.807) is 11.8 Å². The number of amides is 1. The Balaban J connectivity index is 2.50. The van der Waals surface area contributed by atoms with Gasteiger partial charge in [0, 0.05) is 38.5 Å². The van der Waals surface area contributed by atoms with Gasteiger partial charge in [-0.2, -0.15) is 0 Å². The number of esters is 1. The molecule has 2 heterocycles. The predicted octanol–water partition coefficient (Wildman–Crippen LogP) is 4.50. The van der Waals surface area contributed by atoms with Crippen LogP contribution in [0.15, 0.2) is 23.8 Å². The fourth-order valence-electron chi connectivity index (χ4n) is 5.64. The van der Waals surface area contributed by atoms with Gasteiger partial charge in [0.2, 0.25) is 0 Å². The van der Waals surface area contributed by atoms with E-state index in [1.807, 2.05) is 26.1 Å². The molecule has 0 aromatic carbocycles. The Kier molecular flexibility index (Phi) is 13.8. The first-order valence-electron chi connectivity index (χ1n) is 15.1. The van der Waals surface area contributed by atoms with Crippen molar-refractivity contribution in [2.75, 3.05) is 39.8 Å². The number of rotatable bonds is 9. The van der Waals surface area contributed by atoms with Gasteiger partial charge in [-0.3, -0.25) is 4.79 Å². The number of carbonyl (C=O) groups is 2. The minimum absolute atomic E-state index is 0.266. The fraction of sp³-hybridized carbons (Fsp3) is 0.800. The van der Waals surface area contributed by atoms with E-state index in [0.717, 1.165) is 37.6 Å². The van der Waals surface area contributed by atoms with Crippen LogP contribution in [0, 0.1) is 5.92 Å². The van der Waals surface area contributed by atoms with Crippen LogP contribution in [-0.2, 0) is 18.7 Å². The molecule has 0 saturated carbocycles. The van der Waals surface area contributed by atoms with E-state index in [9.17, 15) is 19.8 Å². The summed E-state index contributed by atoms with van der Waals surface area (Å²) in [5.41, 5.74) is -0.0908. The van der Waals surface area contributed by atoms with E-state index >= 15 is 0 Å². The molecule has 40 heavy (non-hydrogen) atoms. The van der Waals surface area contributed by atoms with Crippen LogP contribution in [0.3, 0.4) is 0 Å². The first-order chi connectivity index (χ1) is 18.9. The van der Waals surface area contributed by atoms with Gasteiger partial charge in [0.15, 0.2) is 8.32 Å². The van der Waals surface area contributed by atoms with E-state index in [1.165, 1.54) is 6.08 Å². The number of likely N-dealkylation sites (N-methyl/N-ethyl adjacent to an activating group) is 1. The molecular formula is C30H54N2O7Si. The maximum absolute atomic E-state index is 13.4. The third-order valence-corrected chi connectivity index (χ3v) is 13.5. The van der Waals surface area contributed by atoms with Crippen LogP contribution >= 0.6 is 0 Å². The summed E-state index contributed by atoms with van der Waals surface area (Å²) in [6.45, 7) is 14.8. The summed E-state index contributed by atoms with van der Waals surface area (Å²) in [4.78, 5) is 30.2. The molecule has 2 aliphatic rings. The molecule has 1 saturated heterocycles. The molecule has 9 nitrogen and oxygen atoms in total. The van der Waals surface area contributed by atoms with Crippen LogP contribution in [-0.4, -0.2) is 104 Å². The molecular weight excluding hydrogens is 528 g/mol. The minimum Gasteiger partial charge on any atom is -0.457 e. The van der Waals surface area contributed by atoms with Crippen molar-refractivity contribution in [3.8, 4) is 0 Å². The summed E-state index contributed by atoms with van der Waals surface area (Å²) < 4.78 is 19.3. The molecule has 10 heteroatoms. The van der Waals surface area contributed by atoms with Gasteiger partial charge in [0.05, 0.1) is 18.3 Å². The molecule has 1 fully saturated rings. The number of hydrogen-bond donors (Lipinski definition) is 2. The maximum atomic E-state index is 13.4. The number of hydrogen-bond acceptors (Lipinski definition) is 8. The molecule has 2 N–H and O–H groups in total. The van der Waals surface area contributed by atoms with Crippen molar-refractivity contribution >= 4 is 20.4 Å². The lowest BCUT2D eigenvalue weighted by atomic mass is 9.89. The van der Waals surface area contributed by atoms with Crippen LogP contribution in [0.5, 0.6) is 0 Å². The first-order valence-corrected chi connectivity index (χ1v) is 17.6. The highest BCUT2D eigenvalue weighted by Crippen LogP contribution is 2.36. The van der Waals surface area contributed by atoms with Crippen LogP contribution in [0.25, 0.3) is 0 Å². The lowest BCUT2D eigenvalue weighted by Gasteiger charge is -2.44. The lowest BCUT2D eigenvalue weighted by molar-refractivity contribution is -0.149. The minimum atomic E-state index is -2.09. The number of nitrogens with zero attached hydrogens (tertiary/aromatic N) is 2. The monoisotopic (exact) mass is 582 g/mol. The molecule has 1 amide bonds. The van der Waals surface area contributed by atoms with E-state index in [0.29, 0.717) is 31.5 Å². The van der Waals surface area contributed by atoms with E-state index in [4.69, 9.17) is 13.9 Å². The lowest BCUT2D eigenvalue weighted by Crippen LogP contribution is -2.54. The standard InChI is InChI=1S/C30H54N2O7Si/c1-8-40(9-2,10-3)39-30(6)16-12-11-13-27(35)38-28(24(5)21-25(34)22-33)23(4)14-15-26(30)37-29(36)32-19-17-31(7)18-20-32/h14-15,21,23,25-26,28,33-34H,8-13,16-20,22H2,1-7H3/b15-14+,24-21+/t23-,25?,26-,28-,30+/m0/s1. The quantitative estimate of drug-likeness (QED) is 0.233. The van der Waals surface area contributed by atoms with Gasteiger partial charge in [-0.1, -0.05) is 39.8 Å². The molecule has 2 rings (SSSR count). The van der Waals surface area contributed by atoms with Crippen molar-refractivity contribution in [3.05, 3.63) is 23.8 Å². The maximum Gasteiger partial charge on any atom is 0.410 e. The zero-order chi connectivity index (χ0) is 29.9. The van der Waals surface area contributed by atoms with Crippen molar-refractivity contribution < 1.29 is 33.7 Å². The summed E-state index contributed by atoms with van der Waals surface area (Å²) >= 11 is 0. The summed E-state index contributed by atoms with van der Waals surface area (Å²) in [5.74, 6) is -0.567. The number of ether oxygens (including phenoxy) is 2. The Morgan fingerprint density at radius 2 is 1.80 bits per heavy atom. The van der Waals surface area contributed by atoms with Gasteiger partial charge >= 0.3 is 12.1 Å². The van der Waals surface area contributed by atoms with Crippen molar-refractivity contribution in [3.63, 3.8) is 0 Å². The summed E-state index contributed by atoms with van der Waals surface area (Å²) in [6, 6.07) is 2.92. The average molecular weight is 583 g/mol. The van der Waals surface area contributed by atoms with Gasteiger partial charge < -0.3 is 33.9 Å². The summed E-state index contributed by atoms with van der Waals surface area (Å²) in [6.07, 6.45) is 5.01. The Hall–Kier alpha value is -1.72. The molecule has 0 spiro atoms. The molecule has 0 aromatic rings. The number of cyclic esters (lactones) is 1. The van der Waals surface area contributed by atoms with Crippen LogP contribution in [0.4, 0.5) is 4.79 Å². The molecule has 0 radical (unpaired) electrons. The zero-order valence-corrected chi connectivity index (χ0v) is 26.9. The topological polar surface area (TPSA) is 109 Å². The number of piperazine rings is 1. The Morgan fingerprint density at radius 1 is 1.18 bits per heavy atom. The van der Waals surface area contributed by atoms with E-state index in [2.05, 4.69) is 32.6 Å². The van der Waals surface area contributed by atoms with Crippen LogP contribution in [0.2, 0.25) is 18.1 Å². The second-order valence-corrected chi connectivity index (χ2v) is 16.5. The van der Waals surface area contributed by atoms with Crippen molar-refractivity contribution in [2.24, 2.45) is 5.92 Å². The fourth-order valence-corrected chi connectivity index (χ4v) is 8.78. The smallest absolute Gasteiger partial charge is 0.410 e. The second-order valence-electron chi connectivity index (χ2n) is 11.8. The van der Waals surface area contributed by atoms with Crippen molar-refractivity contribution in [1.82, 2.24) is 9.80 Å². The van der Waals surface area contributed by atoms with Crippen LogP contribution < -0.4 is 0 Å². The second kappa shape index (κ2) is 16.1. The molecule has 0 aliphatic carbocycles. The normalized spacial score (nSPS) is 29.6. The Morgan fingerprint density at radius 3 is 2.38 bits per heavy atom. The zero-order valence-electron chi connectivity index (χ0n) is 25.9. The molecule has 230 valence electrons. The third kappa shape index (κ3) is 9.68. The van der Waals surface area contributed by atoms with Gasteiger partial charge in [-0.25, -0.2) is 4.79 Å². The van der Waals surface area contributed by atoms with E-state index < -0.39 is 38.8 Å². The predicted molar refractivity (Wildman–Crippen MR) is 160 cm³/mol. The Bertz CT molecular complexity index is 862. The molecule has 2 aliphatic heterocycles. The highest BCUT2D eigenvalue weighted by atomic mass is 28.4. The van der Waals surface area contributed by atoms with Gasteiger partial charge in [-0.05, 0) is 69.9 Å². The molecule has 5 atom stereocenters. The molecule has 1 unspecified atom stereocenters. The third-order valence-electron chi connectivity index (χ3n) is 8.69. The van der Waals surface area contributed by atoms with E-state index in [-0.39, 0.29) is 24.4 Å². The van der Waals surface area contributed by atoms with Crippen molar-refractivity contribution in [1.29, 1.82) is 0 Å². The van der Waals surface area contributed by atoms with Crippen molar-refractivity contribution in [2.45, 2.75) is 109 Å². The van der Waals surface area contributed by atoms with Crippen LogP contribution in [0.1, 0.15) is 67.2 Å².